The van der Waals surface area contributed by atoms with Crippen LogP contribution in [0.15, 0.2) is 10.9 Å². The van der Waals surface area contributed by atoms with Crippen molar-refractivity contribution in [3.8, 4) is 12.3 Å². The van der Waals surface area contributed by atoms with E-state index < -0.39 is 0 Å². The molecule has 0 saturated heterocycles. The summed E-state index contributed by atoms with van der Waals surface area (Å²) in [6, 6.07) is 1.48. The van der Waals surface area contributed by atoms with Gasteiger partial charge < -0.3 is 10.3 Å². The Bertz CT molecular complexity index is 443. The molecule has 17 heavy (non-hydrogen) atoms. The Morgan fingerprint density at radius 3 is 2.94 bits per heavy atom. The van der Waals surface area contributed by atoms with Crippen molar-refractivity contribution in [3.05, 3.63) is 22.2 Å². The van der Waals surface area contributed by atoms with E-state index in [9.17, 15) is 4.79 Å². The topological polar surface area (TPSA) is 57.8 Å². The van der Waals surface area contributed by atoms with Gasteiger partial charge in [-0.25, -0.2) is 4.98 Å². The molecule has 0 aliphatic rings. The molecule has 4 nitrogen and oxygen atoms in total. The molecule has 1 aromatic heterocycles. The highest BCUT2D eigenvalue weighted by Gasteiger charge is 2.04. The molecule has 1 aromatic rings. The molecular formula is C13H19N3O. The Morgan fingerprint density at radius 2 is 2.29 bits per heavy atom. The van der Waals surface area contributed by atoms with Crippen LogP contribution in [-0.4, -0.2) is 16.5 Å². The van der Waals surface area contributed by atoms with E-state index in [-0.39, 0.29) is 11.5 Å². The zero-order valence-corrected chi connectivity index (χ0v) is 10.4. The Hall–Kier alpha value is -1.76. The smallest absolute Gasteiger partial charge is 0.252 e. The normalized spacial score (nSPS) is 10.2. The monoisotopic (exact) mass is 233 g/mol. The molecule has 0 radical (unpaired) electrons. The van der Waals surface area contributed by atoms with Crippen molar-refractivity contribution in [1.29, 1.82) is 0 Å². The number of nitrogens with one attached hydrogen (secondary N) is 2. The fourth-order valence-electron chi connectivity index (χ4n) is 1.41. The quantitative estimate of drug-likeness (QED) is 0.584. The van der Waals surface area contributed by atoms with Crippen LogP contribution in [0.25, 0.3) is 0 Å². The molecule has 0 aromatic carbocycles. The first-order valence-electron chi connectivity index (χ1n) is 5.92. The fourth-order valence-corrected chi connectivity index (χ4v) is 1.41. The van der Waals surface area contributed by atoms with Crippen LogP contribution >= 0.6 is 0 Å². The number of aromatic nitrogens is 2. The summed E-state index contributed by atoms with van der Waals surface area (Å²) < 4.78 is 0. The summed E-state index contributed by atoms with van der Waals surface area (Å²) in [5.41, 5.74) is -0.116. The summed E-state index contributed by atoms with van der Waals surface area (Å²) in [5, 5.41) is 3.14. The lowest BCUT2D eigenvalue weighted by Gasteiger charge is -2.08. The lowest BCUT2D eigenvalue weighted by molar-refractivity contribution is 0.758. The second-order valence-electron chi connectivity index (χ2n) is 4.26. The fraction of sp³-hybridized carbons (Fsp3) is 0.538. The Morgan fingerprint density at radius 1 is 1.53 bits per heavy atom. The minimum atomic E-state index is -0.116. The summed E-state index contributed by atoms with van der Waals surface area (Å²) in [7, 11) is 0. The molecule has 92 valence electrons. The van der Waals surface area contributed by atoms with Crippen molar-refractivity contribution in [2.24, 2.45) is 0 Å². The van der Waals surface area contributed by atoms with E-state index in [1.165, 1.54) is 6.07 Å². The number of nitrogens with zero attached hydrogens (tertiary/aromatic N) is 1. The number of hydrogen-bond donors (Lipinski definition) is 2. The van der Waals surface area contributed by atoms with Gasteiger partial charge in [-0.15, -0.1) is 12.3 Å². The molecule has 0 aliphatic carbocycles. The minimum absolute atomic E-state index is 0.116. The van der Waals surface area contributed by atoms with Crippen LogP contribution in [0.5, 0.6) is 0 Å². The average molecular weight is 233 g/mol. The van der Waals surface area contributed by atoms with Gasteiger partial charge in [0.15, 0.2) is 0 Å². The number of H-pyrrole nitrogens is 1. The van der Waals surface area contributed by atoms with Gasteiger partial charge >= 0.3 is 0 Å². The van der Waals surface area contributed by atoms with Crippen LogP contribution < -0.4 is 10.9 Å². The van der Waals surface area contributed by atoms with Gasteiger partial charge in [0.2, 0.25) is 0 Å². The predicted molar refractivity (Wildman–Crippen MR) is 70.1 cm³/mol. The van der Waals surface area contributed by atoms with Gasteiger partial charge in [0, 0.05) is 24.9 Å². The second-order valence-corrected chi connectivity index (χ2v) is 4.26. The van der Waals surface area contributed by atoms with Crippen LogP contribution in [0.3, 0.4) is 0 Å². The molecule has 0 bridgehead atoms. The highest BCUT2D eigenvalue weighted by Crippen LogP contribution is 2.09. The van der Waals surface area contributed by atoms with E-state index in [4.69, 9.17) is 6.42 Å². The van der Waals surface area contributed by atoms with Crippen LogP contribution in [0.4, 0.5) is 5.82 Å². The van der Waals surface area contributed by atoms with Gasteiger partial charge in [-0.2, -0.15) is 0 Å². The van der Waals surface area contributed by atoms with E-state index >= 15 is 0 Å². The number of aromatic amines is 1. The maximum atomic E-state index is 11.4. The van der Waals surface area contributed by atoms with Gasteiger partial charge in [-0.05, 0) is 12.8 Å². The van der Waals surface area contributed by atoms with Crippen LogP contribution in [0.1, 0.15) is 44.9 Å². The van der Waals surface area contributed by atoms with Gasteiger partial charge in [-0.3, -0.25) is 4.79 Å². The first-order valence-corrected chi connectivity index (χ1v) is 5.92. The van der Waals surface area contributed by atoms with Crippen LogP contribution in [0, 0.1) is 12.3 Å². The van der Waals surface area contributed by atoms with E-state index in [1.807, 2.05) is 13.8 Å². The van der Waals surface area contributed by atoms with Crippen molar-refractivity contribution in [1.82, 2.24) is 9.97 Å². The molecule has 0 unspecified atom stereocenters. The van der Waals surface area contributed by atoms with E-state index in [0.717, 1.165) is 25.8 Å². The van der Waals surface area contributed by atoms with Crippen molar-refractivity contribution < 1.29 is 0 Å². The molecule has 4 heteroatoms. The summed E-state index contributed by atoms with van der Waals surface area (Å²) in [5.74, 6) is 4.16. The van der Waals surface area contributed by atoms with Crippen molar-refractivity contribution in [2.45, 2.75) is 39.0 Å². The van der Waals surface area contributed by atoms with E-state index in [1.54, 1.807) is 0 Å². The first-order chi connectivity index (χ1) is 8.13. The molecule has 0 fully saturated rings. The van der Waals surface area contributed by atoms with E-state index in [2.05, 4.69) is 21.2 Å². The second kappa shape index (κ2) is 6.74. The highest BCUT2D eigenvalue weighted by molar-refractivity contribution is 5.33. The summed E-state index contributed by atoms with van der Waals surface area (Å²) >= 11 is 0. The Kier molecular flexibility index (Phi) is 5.28. The number of rotatable bonds is 6. The molecular weight excluding hydrogens is 214 g/mol. The third-order valence-corrected chi connectivity index (χ3v) is 2.36. The number of unbranched alkanes of at least 4 members (excludes halogenated alkanes) is 2. The van der Waals surface area contributed by atoms with Crippen LogP contribution in [-0.2, 0) is 0 Å². The lowest BCUT2D eigenvalue weighted by Crippen LogP contribution is -2.15. The average Bonchev–Trinajstić information content (AvgIpc) is 2.28. The summed E-state index contributed by atoms with van der Waals surface area (Å²) in [6.45, 7) is 4.78. The predicted octanol–water partition coefficient (Wildman–Crippen LogP) is 2.11. The SMILES string of the molecule is C#CCCCCNc1cc(=O)[nH]c(C(C)C)n1. The summed E-state index contributed by atoms with van der Waals surface area (Å²) in [6.07, 6.45) is 7.93. The van der Waals surface area contributed by atoms with Gasteiger partial charge in [0.25, 0.3) is 5.56 Å². The number of anilines is 1. The number of hydrogen-bond acceptors (Lipinski definition) is 3. The number of terminal acetylenes is 1. The molecule has 0 aliphatic heterocycles. The molecule has 1 heterocycles. The standard InChI is InChI=1S/C13H19N3O/c1-4-5-6-7-8-14-11-9-12(17)16-13(15-11)10(2)3/h1,9-10H,5-8H2,2-3H3,(H2,14,15,16,17). The third kappa shape index (κ3) is 4.73. The first kappa shape index (κ1) is 13.3. The van der Waals surface area contributed by atoms with Crippen molar-refractivity contribution >= 4 is 5.82 Å². The zero-order chi connectivity index (χ0) is 12.7. The summed E-state index contributed by atoms with van der Waals surface area (Å²) in [4.78, 5) is 18.5. The molecule has 0 spiro atoms. The van der Waals surface area contributed by atoms with Crippen molar-refractivity contribution in [3.63, 3.8) is 0 Å². The molecule has 0 amide bonds. The van der Waals surface area contributed by atoms with Gasteiger partial charge in [0.05, 0.1) is 0 Å². The molecule has 1 rings (SSSR count). The maximum Gasteiger partial charge on any atom is 0.252 e. The maximum absolute atomic E-state index is 11.4. The highest BCUT2D eigenvalue weighted by atomic mass is 16.1. The third-order valence-electron chi connectivity index (χ3n) is 2.36. The largest absolute Gasteiger partial charge is 0.370 e. The van der Waals surface area contributed by atoms with Crippen LogP contribution in [0.2, 0.25) is 0 Å². The van der Waals surface area contributed by atoms with Crippen molar-refractivity contribution in [2.75, 3.05) is 11.9 Å². The lowest BCUT2D eigenvalue weighted by atomic mass is 10.2. The minimum Gasteiger partial charge on any atom is -0.370 e. The zero-order valence-electron chi connectivity index (χ0n) is 10.4. The van der Waals surface area contributed by atoms with E-state index in [0.29, 0.717) is 11.6 Å². The Labute approximate surface area is 102 Å². The molecule has 2 N–H and O–H groups in total. The Balaban J connectivity index is 2.54. The molecule has 0 atom stereocenters. The molecule has 0 saturated carbocycles. The van der Waals surface area contributed by atoms with Gasteiger partial charge in [-0.1, -0.05) is 13.8 Å². The van der Waals surface area contributed by atoms with Gasteiger partial charge in [0.1, 0.15) is 11.6 Å².